The zero-order valence-corrected chi connectivity index (χ0v) is 19.5. The SMILES string of the molecule is CCC(=O)O.CCC(=O)O.[Ti+2].c1ccc2[cH-]c(CCc3cc4ccccc4[cH-]3)cc2c1. The molecule has 2 N–H and O–H groups in total. The van der Waals surface area contributed by atoms with Gasteiger partial charge in [-0.1, -0.05) is 26.0 Å². The van der Waals surface area contributed by atoms with Gasteiger partial charge in [0, 0.05) is 12.8 Å². The molecule has 0 radical (unpaired) electrons. The Morgan fingerprint density at radius 1 is 0.710 bits per heavy atom. The normalized spacial score (nSPS) is 9.74. The summed E-state index contributed by atoms with van der Waals surface area (Å²) < 4.78 is 0. The van der Waals surface area contributed by atoms with Gasteiger partial charge in [0.15, 0.2) is 0 Å². The third kappa shape index (κ3) is 8.91. The van der Waals surface area contributed by atoms with Crippen molar-refractivity contribution >= 4 is 33.5 Å². The summed E-state index contributed by atoms with van der Waals surface area (Å²) in [6.45, 7) is 3.20. The number of hydrogen-bond acceptors (Lipinski definition) is 2. The second kappa shape index (κ2) is 13.6. The Balaban J connectivity index is 0.000000372. The molecule has 0 saturated heterocycles. The summed E-state index contributed by atoms with van der Waals surface area (Å²) in [6.07, 6.45) is 2.68. The van der Waals surface area contributed by atoms with Crippen molar-refractivity contribution in [2.24, 2.45) is 0 Å². The quantitative estimate of drug-likeness (QED) is 0.280. The maximum Gasteiger partial charge on any atom is 2.00 e. The standard InChI is InChI=1S/C20H16.2C3H6O2.Ti/c1-2-6-18-12-15(11-17(18)5-1)9-10-16-13-19-7-3-4-8-20(19)14-16;2*1-2-3(4)5;/h1-8,11-14H,9-10H2;2*2H2,1H3,(H,4,5);/q-2;;;+2. The molecule has 0 saturated carbocycles. The van der Waals surface area contributed by atoms with E-state index in [0.29, 0.717) is 0 Å². The number of hydrogen-bond donors (Lipinski definition) is 2. The second-order valence-corrected chi connectivity index (χ2v) is 6.98. The summed E-state index contributed by atoms with van der Waals surface area (Å²) >= 11 is 0. The molecule has 4 rings (SSSR count). The van der Waals surface area contributed by atoms with Crippen molar-refractivity contribution in [3.63, 3.8) is 0 Å². The fourth-order valence-electron chi connectivity index (χ4n) is 3.01. The van der Waals surface area contributed by atoms with Crippen LogP contribution in [0.15, 0.2) is 72.8 Å². The Hall–Kier alpha value is -2.69. The number of benzene rings is 2. The predicted molar refractivity (Wildman–Crippen MR) is 122 cm³/mol. The summed E-state index contributed by atoms with van der Waals surface area (Å²) in [4.78, 5) is 18.7. The van der Waals surface area contributed by atoms with Crippen LogP contribution in [0.5, 0.6) is 0 Å². The molecular weight excluding hydrogens is 424 g/mol. The molecule has 0 unspecified atom stereocenters. The van der Waals surface area contributed by atoms with E-state index in [1.54, 1.807) is 13.8 Å². The number of aryl methyl sites for hydroxylation is 2. The van der Waals surface area contributed by atoms with Crippen molar-refractivity contribution in [3.8, 4) is 0 Å². The number of rotatable bonds is 5. The summed E-state index contributed by atoms with van der Waals surface area (Å²) in [6, 6.07) is 26.5. The topological polar surface area (TPSA) is 74.6 Å². The minimum Gasteiger partial charge on any atom is -0.481 e. The fraction of sp³-hybridized carbons (Fsp3) is 0.231. The average Bonchev–Trinajstić information content (AvgIpc) is 3.36. The van der Waals surface area contributed by atoms with E-state index in [9.17, 15) is 9.59 Å². The van der Waals surface area contributed by atoms with Crippen LogP contribution in [0, 0.1) is 0 Å². The first-order chi connectivity index (χ1) is 14.4. The number of carboxylic acids is 2. The van der Waals surface area contributed by atoms with Gasteiger partial charge in [0.2, 0.25) is 0 Å². The molecule has 0 aliphatic carbocycles. The first-order valence-corrected chi connectivity index (χ1v) is 10.1. The Labute approximate surface area is 198 Å². The van der Waals surface area contributed by atoms with E-state index >= 15 is 0 Å². The smallest absolute Gasteiger partial charge is 0.481 e. The molecule has 4 aromatic rings. The van der Waals surface area contributed by atoms with Gasteiger partial charge in [-0.25, -0.2) is 0 Å². The van der Waals surface area contributed by atoms with Gasteiger partial charge in [-0.15, -0.1) is 81.2 Å². The monoisotopic (exact) mass is 452 g/mol. The number of carboxylic acid groups (broad SMARTS) is 2. The van der Waals surface area contributed by atoms with E-state index in [-0.39, 0.29) is 34.6 Å². The number of carbonyl (C=O) groups is 2. The van der Waals surface area contributed by atoms with Crippen LogP contribution in [0.3, 0.4) is 0 Å². The Kier molecular flexibility index (Phi) is 11.5. The molecule has 0 amide bonds. The van der Waals surface area contributed by atoms with Crippen LogP contribution in [0.4, 0.5) is 0 Å². The molecule has 0 heterocycles. The van der Waals surface area contributed by atoms with Gasteiger partial charge in [-0.2, -0.15) is 12.1 Å². The maximum atomic E-state index is 9.37. The summed E-state index contributed by atoms with van der Waals surface area (Å²) in [5, 5.41) is 20.9. The Morgan fingerprint density at radius 3 is 1.32 bits per heavy atom. The molecular formula is C26H28O4Ti. The molecule has 0 fully saturated rings. The van der Waals surface area contributed by atoms with E-state index in [2.05, 4.69) is 72.8 Å². The first-order valence-electron chi connectivity index (χ1n) is 10.1. The average molecular weight is 452 g/mol. The van der Waals surface area contributed by atoms with Gasteiger partial charge < -0.3 is 10.2 Å². The van der Waals surface area contributed by atoms with E-state index in [4.69, 9.17) is 10.2 Å². The van der Waals surface area contributed by atoms with Crippen LogP contribution in [0.25, 0.3) is 21.5 Å². The summed E-state index contributed by atoms with van der Waals surface area (Å²) in [7, 11) is 0. The van der Waals surface area contributed by atoms with Crippen LogP contribution in [-0.4, -0.2) is 22.2 Å². The van der Waals surface area contributed by atoms with E-state index in [1.165, 1.54) is 32.7 Å². The van der Waals surface area contributed by atoms with Crippen LogP contribution in [0.2, 0.25) is 0 Å². The van der Waals surface area contributed by atoms with Crippen molar-refractivity contribution < 1.29 is 41.5 Å². The summed E-state index contributed by atoms with van der Waals surface area (Å²) in [5.41, 5.74) is 2.88. The molecule has 0 bridgehead atoms. The molecule has 0 aliphatic rings. The molecule has 0 spiro atoms. The minimum atomic E-state index is -0.745. The van der Waals surface area contributed by atoms with Crippen molar-refractivity contribution in [1.29, 1.82) is 0 Å². The van der Waals surface area contributed by atoms with E-state index in [0.717, 1.165) is 12.8 Å². The molecule has 4 nitrogen and oxygen atoms in total. The van der Waals surface area contributed by atoms with Crippen LogP contribution in [-0.2, 0) is 44.1 Å². The molecule has 31 heavy (non-hydrogen) atoms. The van der Waals surface area contributed by atoms with E-state index < -0.39 is 11.9 Å². The van der Waals surface area contributed by atoms with Gasteiger partial charge in [0.25, 0.3) is 0 Å². The van der Waals surface area contributed by atoms with Gasteiger partial charge in [-0.05, 0) is 12.8 Å². The van der Waals surface area contributed by atoms with Crippen LogP contribution < -0.4 is 0 Å². The Morgan fingerprint density at radius 2 is 1.03 bits per heavy atom. The molecule has 0 aliphatic heterocycles. The third-order valence-corrected chi connectivity index (χ3v) is 4.66. The number of fused-ring (bicyclic) bond motifs is 2. The minimum absolute atomic E-state index is 0. The molecule has 4 aromatic carbocycles. The molecule has 160 valence electrons. The van der Waals surface area contributed by atoms with Crippen LogP contribution >= 0.6 is 0 Å². The van der Waals surface area contributed by atoms with Crippen LogP contribution in [0.1, 0.15) is 37.8 Å². The number of aliphatic carboxylic acids is 2. The predicted octanol–water partition coefficient (Wildman–Crippen LogP) is 6.18. The van der Waals surface area contributed by atoms with Gasteiger partial charge in [0.1, 0.15) is 0 Å². The zero-order valence-electron chi connectivity index (χ0n) is 18.0. The summed E-state index contributed by atoms with van der Waals surface area (Å²) in [5.74, 6) is -1.49. The van der Waals surface area contributed by atoms with Crippen molar-refractivity contribution in [1.82, 2.24) is 0 Å². The Bertz CT molecular complexity index is 937. The van der Waals surface area contributed by atoms with Gasteiger partial charge >= 0.3 is 33.7 Å². The second-order valence-electron chi connectivity index (χ2n) is 6.98. The zero-order chi connectivity index (χ0) is 21.9. The van der Waals surface area contributed by atoms with Gasteiger partial charge in [0.05, 0.1) is 0 Å². The fourth-order valence-corrected chi connectivity index (χ4v) is 3.01. The van der Waals surface area contributed by atoms with Crippen molar-refractivity contribution in [2.75, 3.05) is 0 Å². The van der Waals surface area contributed by atoms with Crippen molar-refractivity contribution in [2.45, 2.75) is 39.5 Å². The van der Waals surface area contributed by atoms with Gasteiger partial charge in [-0.3, -0.25) is 9.59 Å². The maximum absolute atomic E-state index is 9.37. The third-order valence-electron chi connectivity index (χ3n) is 4.66. The first kappa shape index (κ1) is 26.3. The molecule has 0 atom stereocenters. The van der Waals surface area contributed by atoms with E-state index in [1.807, 2.05) is 0 Å². The van der Waals surface area contributed by atoms with Crippen molar-refractivity contribution in [3.05, 3.63) is 83.9 Å². The molecule has 0 aromatic heterocycles. The largest absolute Gasteiger partial charge is 2.00 e. The molecule has 5 heteroatoms.